The number of H-pyrrole nitrogens is 1. The van der Waals surface area contributed by atoms with Crippen molar-refractivity contribution in [2.75, 3.05) is 0 Å². The maximum atomic E-state index is 10.3. The number of nitrogens with one attached hydrogen (secondary N) is 2. The molecule has 0 radical (unpaired) electrons. The van der Waals surface area contributed by atoms with Crippen molar-refractivity contribution in [2.45, 2.75) is 0 Å². The molecular weight excluding hydrogens is 178 g/mol. The number of carbonyl (C=O) groups excluding carboxylic acids is 1. The van der Waals surface area contributed by atoms with E-state index in [0.29, 0.717) is 6.41 Å². The summed E-state index contributed by atoms with van der Waals surface area (Å²) >= 11 is 0. The lowest BCUT2D eigenvalue weighted by atomic mass is 10.4. The van der Waals surface area contributed by atoms with Crippen molar-refractivity contribution in [3.8, 4) is 0 Å². The number of hydrogen-bond acceptors (Lipinski definition) is 5. The van der Waals surface area contributed by atoms with E-state index in [1.165, 1.54) is 12.3 Å². The topological polar surface area (TPSA) is 114 Å². The van der Waals surface area contributed by atoms with Gasteiger partial charge in [-0.15, -0.1) is 10.3 Å². The van der Waals surface area contributed by atoms with Gasteiger partial charge in [0, 0.05) is 6.20 Å². The second kappa shape index (κ2) is 3.95. The number of carbonyl (C=O) groups is 1. The van der Waals surface area contributed by atoms with Crippen molar-refractivity contribution < 1.29 is 9.72 Å². The molecule has 0 saturated carbocycles. The molecule has 1 heterocycles. The highest BCUT2D eigenvalue weighted by Crippen LogP contribution is 2.11. The van der Waals surface area contributed by atoms with Gasteiger partial charge < -0.3 is 15.4 Å². The van der Waals surface area contributed by atoms with Gasteiger partial charge in [-0.3, -0.25) is 4.79 Å². The van der Waals surface area contributed by atoms with E-state index in [9.17, 15) is 14.9 Å². The zero-order chi connectivity index (χ0) is 9.68. The monoisotopic (exact) mass is 183 g/mol. The van der Waals surface area contributed by atoms with Gasteiger partial charge >= 0.3 is 5.82 Å². The number of nitro groups is 1. The zero-order valence-electron chi connectivity index (χ0n) is 6.30. The van der Waals surface area contributed by atoms with Crippen molar-refractivity contribution in [3.63, 3.8) is 0 Å². The third kappa shape index (κ3) is 2.09. The second-order valence-corrected chi connectivity index (χ2v) is 1.91. The van der Waals surface area contributed by atoms with Crippen molar-refractivity contribution in [2.24, 2.45) is 0 Å². The fraction of sp³-hybridized carbons (Fsp3) is 0. The van der Waals surface area contributed by atoms with Crippen LogP contribution in [0.4, 0.5) is 5.82 Å². The van der Waals surface area contributed by atoms with Crippen LogP contribution in [0.5, 0.6) is 0 Å². The molecule has 68 valence electrons. The highest BCUT2D eigenvalue weighted by atomic mass is 16.6. The van der Waals surface area contributed by atoms with Crippen LogP contribution in [-0.2, 0) is 4.79 Å². The number of aromatic amines is 1. The normalized spacial score (nSPS) is 10.2. The van der Waals surface area contributed by atoms with Gasteiger partial charge in [-0.2, -0.15) is 0 Å². The molecular formula is C5H5N5O3. The molecule has 0 unspecified atom stereocenters. The Morgan fingerprint density at radius 1 is 1.54 bits per heavy atom. The molecule has 0 aliphatic rings. The van der Waals surface area contributed by atoms with Gasteiger partial charge in [0.1, 0.15) is 0 Å². The Morgan fingerprint density at radius 3 is 2.92 bits per heavy atom. The van der Waals surface area contributed by atoms with Gasteiger partial charge in [0.25, 0.3) is 0 Å². The van der Waals surface area contributed by atoms with Crippen molar-refractivity contribution >= 4 is 18.3 Å². The second-order valence-electron chi connectivity index (χ2n) is 1.91. The lowest BCUT2D eigenvalue weighted by Gasteiger charge is -1.86. The highest BCUT2D eigenvalue weighted by molar-refractivity contribution is 5.56. The number of hydrogen-bond donors (Lipinski definition) is 2. The first-order valence-corrected chi connectivity index (χ1v) is 3.17. The van der Waals surface area contributed by atoms with E-state index in [1.807, 2.05) is 0 Å². The molecule has 8 nitrogen and oxygen atoms in total. The maximum Gasteiger partial charge on any atom is 0.417 e. The number of rotatable bonds is 4. The summed E-state index contributed by atoms with van der Waals surface area (Å²) in [4.78, 5) is 19.4. The Balaban J connectivity index is 2.82. The van der Waals surface area contributed by atoms with E-state index in [1.54, 1.807) is 0 Å². The third-order valence-corrected chi connectivity index (χ3v) is 1.13. The number of amides is 1. The lowest BCUT2D eigenvalue weighted by molar-refractivity contribution is -0.389. The first-order chi connectivity index (χ1) is 6.25. The summed E-state index contributed by atoms with van der Waals surface area (Å²) in [5, 5.41) is 21.3. The third-order valence-electron chi connectivity index (χ3n) is 1.13. The van der Waals surface area contributed by atoms with Crippen LogP contribution in [0.1, 0.15) is 5.69 Å². The molecule has 13 heavy (non-hydrogen) atoms. The molecule has 0 aromatic carbocycles. The van der Waals surface area contributed by atoms with Crippen LogP contribution >= 0.6 is 0 Å². The molecule has 2 N–H and O–H groups in total. The van der Waals surface area contributed by atoms with Gasteiger partial charge in [0.05, 0.1) is 5.10 Å². The summed E-state index contributed by atoms with van der Waals surface area (Å²) in [6, 6.07) is 0. The Hall–Kier alpha value is -2.25. The molecule has 0 fully saturated rings. The Morgan fingerprint density at radius 2 is 2.31 bits per heavy atom. The SMILES string of the molecule is O=CN/C=C\c1n[nH]nc1[N+](=O)[O-]. The minimum Gasteiger partial charge on any atom is -0.358 e. The molecule has 0 aliphatic heterocycles. The molecule has 0 saturated heterocycles. The van der Waals surface area contributed by atoms with E-state index in [2.05, 4.69) is 20.7 Å². The van der Waals surface area contributed by atoms with Gasteiger partial charge in [-0.25, -0.2) is 0 Å². The highest BCUT2D eigenvalue weighted by Gasteiger charge is 2.15. The van der Waals surface area contributed by atoms with E-state index >= 15 is 0 Å². The molecule has 1 aromatic heterocycles. The van der Waals surface area contributed by atoms with Crippen LogP contribution in [-0.4, -0.2) is 26.7 Å². The predicted molar refractivity (Wildman–Crippen MR) is 41.3 cm³/mol. The van der Waals surface area contributed by atoms with Crippen LogP contribution in [0.2, 0.25) is 0 Å². The molecule has 1 amide bonds. The Kier molecular flexibility index (Phi) is 2.69. The van der Waals surface area contributed by atoms with Crippen LogP contribution in [0.15, 0.2) is 6.20 Å². The standard InChI is InChI=1S/C5H5N5O3/c11-3-6-2-1-4-5(10(12)13)8-9-7-4/h1-3H,(H,6,11)(H,7,8,9)/b2-1-. The summed E-state index contributed by atoms with van der Waals surface area (Å²) in [5.74, 6) is -0.385. The smallest absolute Gasteiger partial charge is 0.358 e. The zero-order valence-corrected chi connectivity index (χ0v) is 6.30. The molecule has 0 aliphatic carbocycles. The van der Waals surface area contributed by atoms with Gasteiger partial charge in [-0.05, 0) is 11.0 Å². The van der Waals surface area contributed by atoms with Crippen LogP contribution in [0, 0.1) is 10.1 Å². The molecule has 0 bridgehead atoms. The predicted octanol–water partition coefficient (Wildman–Crippen LogP) is -0.570. The molecule has 1 aromatic rings. The van der Waals surface area contributed by atoms with Gasteiger partial charge in [-0.1, -0.05) is 0 Å². The largest absolute Gasteiger partial charge is 0.417 e. The fourth-order valence-corrected chi connectivity index (χ4v) is 0.646. The summed E-state index contributed by atoms with van der Waals surface area (Å²) in [6.45, 7) is 0. The number of nitrogens with zero attached hydrogens (tertiary/aromatic N) is 3. The fourth-order valence-electron chi connectivity index (χ4n) is 0.646. The van der Waals surface area contributed by atoms with Gasteiger partial charge in [0.15, 0.2) is 5.69 Å². The Labute approximate surface area is 71.8 Å². The summed E-state index contributed by atoms with van der Waals surface area (Å²) in [6.07, 6.45) is 2.91. The van der Waals surface area contributed by atoms with Crippen molar-refractivity contribution in [1.82, 2.24) is 20.7 Å². The van der Waals surface area contributed by atoms with Crippen molar-refractivity contribution in [1.29, 1.82) is 0 Å². The summed E-state index contributed by atoms with van der Waals surface area (Å²) < 4.78 is 0. The quantitative estimate of drug-likeness (QED) is 0.368. The molecule has 8 heteroatoms. The lowest BCUT2D eigenvalue weighted by Crippen LogP contribution is -1.98. The molecule has 1 rings (SSSR count). The van der Waals surface area contributed by atoms with Crippen molar-refractivity contribution in [3.05, 3.63) is 22.0 Å². The van der Waals surface area contributed by atoms with E-state index in [0.717, 1.165) is 0 Å². The summed E-state index contributed by atoms with van der Waals surface area (Å²) in [5.41, 5.74) is 0.0550. The van der Waals surface area contributed by atoms with E-state index < -0.39 is 4.92 Å². The first kappa shape index (κ1) is 8.84. The minimum absolute atomic E-state index is 0.0550. The molecule has 0 spiro atoms. The number of aromatic nitrogens is 3. The average molecular weight is 183 g/mol. The first-order valence-electron chi connectivity index (χ1n) is 3.17. The van der Waals surface area contributed by atoms with E-state index in [-0.39, 0.29) is 11.5 Å². The average Bonchev–Trinajstić information content (AvgIpc) is 2.53. The van der Waals surface area contributed by atoms with E-state index in [4.69, 9.17) is 0 Å². The van der Waals surface area contributed by atoms with Crippen LogP contribution < -0.4 is 5.32 Å². The summed E-state index contributed by atoms with van der Waals surface area (Å²) in [7, 11) is 0. The Bertz CT molecular complexity index is 344. The maximum absolute atomic E-state index is 10.3. The minimum atomic E-state index is -0.677. The van der Waals surface area contributed by atoms with Gasteiger partial charge in [0.2, 0.25) is 6.41 Å². The molecule has 0 atom stereocenters. The van der Waals surface area contributed by atoms with Crippen LogP contribution in [0.3, 0.4) is 0 Å². The van der Waals surface area contributed by atoms with Crippen LogP contribution in [0.25, 0.3) is 6.08 Å².